The monoisotopic (exact) mass is 396 g/mol. The van der Waals surface area contributed by atoms with E-state index in [4.69, 9.17) is 0 Å². The molecular formula is C20H24N6OS. The van der Waals surface area contributed by atoms with Gasteiger partial charge in [-0.2, -0.15) is 0 Å². The fraction of sp³-hybridized carbons (Fsp3) is 0.350. The summed E-state index contributed by atoms with van der Waals surface area (Å²) in [7, 11) is 1.90. The number of carbonyl (C=O) groups excluding carboxylic acids is 1. The van der Waals surface area contributed by atoms with Crippen LogP contribution in [0.1, 0.15) is 33.3 Å². The molecule has 1 amide bonds. The molecule has 2 aromatic heterocycles. The van der Waals surface area contributed by atoms with Crippen LogP contribution in [0.5, 0.6) is 0 Å². The second-order valence-electron chi connectivity index (χ2n) is 7.51. The smallest absolute Gasteiger partial charge is 0.240 e. The van der Waals surface area contributed by atoms with Crippen LogP contribution >= 0.6 is 11.8 Å². The highest BCUT2D eigenvalue weighted by atomic mass is 32.2. The van der Waals surface area contributed by atoms with Gasteiger partial charge in [-0.1, -0.05) is 56.8 Å². The quantitative estimate of drug-likeness (QED) is 0.662. The van der Waals surface area contributed by atoms with E-state index in [9.17, 15) is 4.79 Å². The van der Waals surface area contributed by atoms with Gasteiger partial charge in [0.25, 0.3) is 0 Å². The van der Waals surface area contributed by atoms with E-state index in [1.54, 1.807) is 18.5 Å². The van der Waals surface area contributed by atoms with Crippen molar-refractivity contribution in [1.29, 1.82) is 0 Å². The van der Waals surface area contributed by atoms with Gasteiger partial charge in [-0.05, 0) is 24.0 Å². The van der Waals surface area contributed by atoms with Crippen LogP contribution in [0.15, 0.2) is 47.9 Å². The Labute approximate surface area is 169 Å². The van der Waals surface area contributed by atoms with Crippen molar-refractivity contribution in [2.75, 3.05) is 5.32 Å². The molecule has 0 saturated heterocycles. The van der Waals surface area contributed by atoms with Crippen LogP contribution in [0, 0.1) is 0 Å². The highest BCUT2D eigenvalue weighted by Crippen LogP contribution is 2.28. The molecular weight excluding hydrogens is 372 g/mol. The first-order valence-corrected chi connectivity index (χ1v) is 9.88. The van der Waals surface area contributed by atoms with E-state index in [0.717, 1.165) is 11.4 Å². The van der Waals surface area contributed by atoms with Crippen molar-refractivity contribution < 1.29 is 4.79 Å². The SMILES string of the molecule is CC(Sc1nnc(-c2ccc(C(C)(C)C)cc2)n1C)C(=O)Nc1ncccn1. The fourth-order valence-corrected chi connectivity index (χ4v) is 3.39. The Morgan fingerprint density at radius 2 is 1.75 bits per heavy atom. The van der Waals surface area contributed by atoms with E-state index < -0.39 is 0 Å². The number of benzene rings is 1. The van der Waals surface area contributed by atoms with Crippen molar-refractivity contribution >= 4 is 23.6 Å². The standard InChI is InChI=1S/C20H24N6OS/c1-13(17(27)23-18-21-11-6-12-22-18)28-19-25-24-16(26(19)5)14-7-9-15(10-8-14)20(2,3)4/h6-13H,1-5H3,(H,21,22,23,27). The summed E-state index contributed by atoms with van der Waals surface area (Å²) < 4.78 is 1.90. The lowest BCUT2D eigenvalue weighted by molar-refractivity contribution is -0.115. The van der Waals surface area contributed by atoms with E-state index in [-0.39, 0.29) is 22.5 Å². The molecule has 3 rings (SSSR count). The Morgan fingerprint density at radius 1 is 1.11 bits per heavy atom. The second kappa shape index (κ2) is 8.10. The van der Waals surface area contributed by atoms with Crippen LogP contribution in [-0.2, 0) is 17.3 Å². The van der Waals surface area contributed by atoms with Crippen LogP contribution in [0.3, 0.4) is 0 Å². The van der Waals surface area contributed by atoms with Crippen molar-refractivity contribution in [2.45, 2.75) is 43.5 Å². The topological polar surface area (TPSA) is 85.6 Å². The normalized spacial score (nSPS) is 12.6. The second-order valence-corrected chi connectivity index (χ2v) is 8.82. The summed E-state index contributed by atoms with van der Waals surface area (Å²) in [5.41, 5.74) is 2.36. The minimum Gasteiger partial charge on any atom is -0.305 e. The Bertz CT molecular complexity index is 947. The molecule has 28 heavy (non-hydrogen) atoms. The average Bonchev–Trinajstić information content (AvgIpc) is 3.02. The van der Waals surface area contributed by atoms with Crippen LogP contribution in [-0.4, -0.2) is 35.9 Å². The minimum atomic E-state index is -0.372. The molecule has 1 N–H and O–H groups in total. The summed E-state index contributed by atoms with van der Waals surface area (Å²) in [4.78, 5) is 20.4. The van der Waals surface area contributed by atoms with Gasteiger partial charge in [0, 0.05) is 25.0 Å². The van der Waals surface area contributed by atoms with Gasteiger partial charge in [-0.25, -0.2) is 9.97 Å². The fourth-order valence-electron chi connectivity index (χ4n) is 2.58. The van der Waals surface area contributed by atoms with Crippen LogP contribution in [0.2, 0.25) is 0 Å². The van der Waals surface area contributed by atoms with Crippen LogP contribution < -0.4 is 5.32 Å². The summed E-state index contributed by atoms with van der Waals surface area (Å²) in [6, 6.07) is 10.0. The number of carbonyl (C=O) groups is 1. The summed E-state index contributed by atoms with van der Waals surface area (Å²) in [6.45, 7) is 8.37. The predicted molar refractivity (Wildman–Crippen MR) is 111 cm³/mol. The first-order valence-electron chi connectivity index (χ1n) is 9.00. The van der Waals surface area contributed by atoms with Gasteiger partial charge in [-0.3, -0.25) is 10.1 Å². The lowest BCUT2D eigenvalue weighted by atomic mass is 9.87. The molecule has 1 atom stereocenters. The van der Waals surface area contributed by atoms with Crippen LogP contribution in [0.4, 0.5) is 5.95 Å². The van der Waals surface area contributed by atoms with Crippen molar-refractivity contribution in [3.05, 3.63) is 48.3 Å². The number of thioether (sulfide) groups is 1. The summed E-state index contributed by atoms with van der Waals surface area (Å²) in [5, 5.41) is 11.6. The Morgan fingerprint density at radius 3 is 2.36 bits per heavy atom. The van der Waals surface area contributed by atoms with E-state index in [1.807, 2.05) is 18.5 Å². The van der Waals surface area contributed by atoms with Crippen molar-refractivity contribution in [3.63, 3.8) is 0 Å². The lowest BCUT2D eigenvalue weighted by Gasteiger charge is -2.19. The lowest BCUT2D eigenvalue weighted by Crippen LogP contribution is -2.23. The molecule has 1 unspecified atom stereocenters. The molecule has 0 bridgehead atoms. The van der Waals surface area contributed by atoms with Gasteiger partial charge in [0.15, 0.2) is 11.0 Å². The minimum absolute atomic E-state index is 0.102. The zero-order chi connectivity index (χ0) is 20.3. The third-order valence-electron chi connectivity index (χ3n) is 4.30. The van der Waals surface area contributed by atoms with Crippen molar-refractivity contribution in [3.8, 4) is 11.4 Å². The molecule has 146 valence electrons. The molecule has 0 radical (unpaired) electrons. The molecule has 0 fully saturated rings. The number of nitrogens with zero attached hydrogens (tertiary/aromatic N) is 5. The van der Waals surface area contributed by atoms with E-state index in [1.165, 1.54) is 17.3 Å². The molecule has 0 saturated carbocycles. The molecule has 8 heteroatoms. The Kier molecular flexibility index (Phi) is 5.79. The van der Waals surface area contributed by atoms with Crippen molar-refractivity contribution in [2.24, 2.45) is 7.05 Å². The van der Waals surface area contributed by atoms with E-state index >= 15 is 0 Å². The maximum Gasteiger partial charge on any atom is 0.240 e. The largest absolute Gasteiger partial charge is 0.305 e. The third kappa shape index (κ3) is 4.56. The molecule has 7 nitrogen and oxygen atoms in total. The van der Waals surface area contributed by atoms with Gasteiger partial charge in [-0.15, -0.1) is 10.2 Å². The van der Waals surface area contributed by atoms with Gasteiger partial charge in [0.1, 0.15) is 0 Å². The van der Waals surface area contributed by atoms with Gasteiger partial charge in [0.2, 0.25) is 11.9 Å². The number of hydrogen-bond donors (Lipinski definition) is 1. The first-order chi connectivity index (χ1) is 13.3. The maximum atomic E-state index is 12.4. The maximum absolute atomic E-state index is 12.4. The molecule has 3 aromatic rings. The Balaban J connectivity index is 1.71. The van der Waals surface area contributed by atoms with E-state index in [2.05, 4.69) is 70.5 Å². The third-order valence-corrected chi connectivity index (χ3v) is 5.43. The zero-order valence-electron chi connectivity index (χ0n) is 16.7. The number of hydrogen-bond acceptors (Lipinski definition) is 6. The van der Waals surface area contributed by atoms with Crippen LogP contribution in [0.25, 0.3) is 11.4 Å². The van der Waals surface area contributed by atoms with Gasteiger partial charge in [0.05, 0.1) is 5.25 Å². The number of amides is 1. The summed E-state index contributed by atoms with van der Waals surface area (Å²) >= 11 is 1.34. The summed E-state index contributed by atoms with van der Waals surface area (Å²) in [5.74, 6) is 0.870. The molecule has 2 heterocycles. The predicted octanol–water partition coefficient (Wildman–Crippen LogP) is 3.69. The molecule has 0 aliphatic heterocycles. The van der Waals surface area contributed by atoms with Crippen molar-refractivity contribution in [1.82, 2.24) is 24.7 Å². The average molecular weight is 397 g/mol. The molecule has 0 aliphatic rings. The van der Waals surface area contributed by atoms with Gasteiger partial charge >= 0.3 is 0 Å². The number of anilines is 1. The number of aromatic nitrogens is 5. The number of nitrogens with one attached hydrogen (secondary N) is 1. The summed E-state index contributed by atoms with van der Waals surface area (Å²) in [6.07, 6.45) is 3.17. The zero-order valence-corrected chi connectivity index (χ0v) is 17.5. The molecule has 0 spiro atoms. The highest BCUT2D eigenvalue weighted by molar-refractivity contribution is 8.00. The highest BCUT2D eigenvalue weighted by Gasteiger charge is 2.20. The molecule has 1 aromatic carbocycles. The van der Waals surface area contributed by atoms with E-state index in [0.29, 0.717) is 5.16 Å². The van der Waals surface area contributed by atoms with Gasteiger partial charge < -0.3 is 4.57 Å². The first kappa shape index (κ1) is 20.0. The Hall–Kier alpha value is -2.74. The molecule has 0 aliphatic carbocycles. The number of rotatable bonds is 5.